The second-order valence-corrected chi connectivity index (χ2v) is 12.4. The predicted octanol–water partition coefficient (Wildman–Crippen LogP) is 6.43. The first-order chi connectivity index (χ1) is 25.5. The molecule has 1 aliphatic heterocycles. The molecule has 13 nitrogen and oxygen atoms in total. The van der Waals surface area contributed by atoms with Gasteiger partial charge in [0.25, 0.3) is 5.79 Å². The standard InChI is InChI=1S/C29H28N2O7S.C10H12O4/c1-16(2)37-20-9-7-19(8-10-20)29(33)21(12-17-13-24(34-3)27(36-5)25(14-17)35-4)26(28(32)38-29)18-6-11-22-23(15-18)31-39-30-22;1-12-8-4-7(6-11)5-9(13-2)10(8)14-3/h6-11,13-16,33H,12H2,1-5H3;4-6H,1-3H3. The minimum absolute atomic E-state index is 0.0135. The van der Waals surface area contributed by atoms with Gasteiger partial charge in [-0.3, -0.25) is 4.79 Å². The van der Waals surface area contributed by atoms with Crippen LogP contribution >= 0.6 is 11.7 Å². The van der Waals surface area contributed by atoms with Gasteiger partial charge in [0.05, 0.1) is 66.1 Å². The van der Waals surface area contributed by atoms with Crippen molar-refractivity contribution in [2.45, 2.75) is 32.2 Å². The number of carbonyl (C=O) groups excluding carboxylic acids is 2. The fourth-order valence-corrected chi connectivity index (χ4v) is 6.37. The Morgan fingerprint density at radius 2 is 1.30 bits per heavy atom. The fraction of sp³-hybridized carbons (Fsp3) is 0.282. The zero-order chi connectivity index (χ0) is 38.3. The number of carbonyl (C=O) groups is 2. The number of benzene rings is 4. The summed E-state index contributed by atoms with van der Waals surface area (Å²) in [5, 5.41) is 12.0. The van der Waals surface area contributed by atoms with Crippen LogP contribution < -0.4 is 33.2 Å². The lowest BCUT2D eigenvalue weighted by Crippen LogP contribution is -2.29. The van der Waals surface area contributed by atoms with E-state index in [0.29, 0.717) is 73.6 Å². The van der Waals surface area contributed by atoms with Crippen LogP contribution in [0.3, 0.4) is 0 Å². The topological polar surface area (TPSA) is 154 Å². The molecule has 6 rings (SSSR count). The fourth-order valence-electron chi connectivity index (χ4n) is 5.85. The van der Waals surface area contributed by atoms with Crippen molar-refractivity contribution in [3.05, 3.63) is 94.6 Å². The average molecular weight is 745 g/mol. The number of fused-ring (bicyclic) bond motifs is 1. The van der Waals surface area contributed by atoms with Gasteiger partial charge in [0.15, 0.2) is 23.0 Å². The Kier molecular flexibility index (Phi) is 12.1. The molecule has 278 valence electrons. The lowest BCUT2D eigenvalue weighted by Gasteiger charge is -2.26. The molecule has 1 atom stereocenters. The van der Waals surface area contributed by atoms with Gasteiger partial charge in [-0.05, 0) is 85.6 Å². The summed E-state index contributed by atoms with van der Waals surface area (Å²) in [5.74, 6) is 0.750. The van der Waals surface area contributed by atoms with E-state index in [2.05, 4.69) is 8.75 Å². The molecule has 2 heterocycles. The molecule has 0 saturated heterocycles. The van der Waals surface area contributed by atoms with Crippen molar-refractivity contribution in [2.75, 3.05) is 42.7 Å². The molecule has 1 aromatic heterocycles. The van der Waals surface area contributed by atoms with Crippen LogP contribution in [0.1, 0.15) is 40.9 Å². The highest BCUT2D eigenvalue weighted by molar-refractivity contribution is 7.00. The largest absolute Gasteiger partial charge is 0.493 e. The molecular formula is C39H40N2O11S. The zero-order valence-electron chi connectivity index (χ0n) is 30.5. The van der Waals surface area contributed by atoms with E-state index in [1.807, 2.05) is 13.8 Å². The normalized spacial score (nSPS) is 15.0. The summed E-state index contributed by atoms with van der Waals surface area (Å²) in [5.41, 5.74) is 4.14. The predicted molar refractivity (Wildman–Crippen MR) is 198 cm³/mol. The van der Waals surface area contributed by atoms with Crippen molar-refractivity contribution in [3.8, 4) is 40.2 Å². The summed E-state index contributed by atoms with van der Waals surface area (Å²) in [4.78, 5) is 24.0. The molecule has 14 heteroatoms. The number of ether oxygens (including phenoxy) is 8. The van der Waals surface area contributed by atoms with E-state index < -0.39 is 11.8 Å². The molecule has 53 heavy (non-hydrogen) atoms. The highest BCUT2D eigenvalue weighted by Gasteiger charge is 2.48. The van der Waals surface area contributed by atoms with Gasteiger partial charge in [0.1, 0.15) is 23.1 Å². The van der Waals surface area contributed by atoms with Crippen LogP contribution in [0.5, 0.6) is 40.2 Å². The molecule has 0 saturated carbocycles. The molecule has 0 amide bonds. The minimum Gasteiger partial charge on any atom is -0.493 e. The quantitative estimate of drug-likeness (QED) is 0.104. The van der Waals surface area contributed by atoms with E-state index in [9.17, 15) is 14.7 Å². The molecule has 0 spiro atoms. The van der Waals surface area contributed by atoms with Crippen molar-refractivity contribution in [3.63, 3.8) is 0 Å². The molecule has 0 aliphatic carbocycles. The van der Waals surface area contributed by atoms with E-state index in [0.717, 1.165) is 23.5 Å². The second-order valence-electron chi connectivity index (χ2n) is 11.8. The Balaban J connectivity index is 0.000000326. The SMILES string of the molecule is COc1cc(C=O)cc(OC)c1OC.COc1cc(CC2=C(c3ccc4nsnc4c3)C(=O)OC2(O)c2ccc(OC(C)C)cc2)cc(OC)c1OC. The summed E-state index contributed by atoms with van der Waals surface area (Å²) in [7, 11) is 9.11. The van der Waals surface area contributed by atoms with E-state index in [1.165, 1.54) is 42.7 Å². The smallest absolute Gasteiger partial charge is 0.342 e. The molecule has 5 aromatic rings. The molecule has 1 aliphatic rings. The maximum Gasteiger partial charge on any atom is 0.342 e. The highest BCUT2D eigenvalue weighted by atomic mass is 32.1. The number of aromatic nitrogens is 2. The number of rotatable bonds is 13. The highest BCUT2D eigenvalue weighted by Crippen LogP contribution is 2.47. The van der Waals surface area contributed by atoms with Crippen molar-refractivity contribution >= 4 is 40.6 Å². The maximum atomic E-state index is 13.4. The monoisotopic (exact) mass is 744 g/mol. The number of methoxy groups -OCH3 is 6. The zero-order valence-corrected chi connectivity index (χ0v) is 31.4. The molecule has 0 bridgehead atoms. The van der Waals surface area contributed by atoms with Crippen LogP contribution in [0.25, 0.3) is 16.6 Å². The van der Waals surface area contributed by atoms with E-state index in [-0.39, 0.29) is 18.1 Å². The Hall–Kier alpha value is -5.86. The van der Waals surface area contributed by atoms with Gasteiger partial charge in [0, 0.05) is 23.1 Å². The van der Waals surface area contributed by atoms with Gasteiger partial charge in [-0.1, -0.05) is 6.07 Å². The minimum atomic E-state index is -2.03. The Labute approximate surface area is 310 Å². The summed E-state index contributed by atoms with van der Waals surface area (Å²) >= 11 is 1.09. The number of hydrogen-bond acceptors (Lipinski definition) is 14. The number of hydrogen-bond donors (Lipinski definition) is 1. The molecule has 4 aromatic carbocycles. The van der Waals surface area contributed by atoms with Crippen molar-refractivity contribution in [2.24, 2.45) is 0 Å². The number of cyclic esters (lactones) is 1. The first kappa shape index (κ1) is 38.4. The Bertz CT molecular complexity index is 2080. The van der Waals surface area contributed by atoms with Crippen LogP contribution in [0.4, 0.5) is 0 Å². The van der Waals surface area contributed by atoms with Crippen molar-refractivity contribution in [1.29, 1.82) is 0 Å². The molecule has 0 fully saturated rings. The first-order valence-corrected chi connectivity index (χ1v) is 17.0. The maximum absolute atomic E-state index is 13.4. The van der Waals surface area contributed by atoms with Crippen LogP contribution in [-0.2, 0) is 21.7 Å². The Morgan fingerprint density at radius 3 is 1.81 bits per heavy atom. The number of nitrogens with zero attached hydrogens (tertiary/aromatic N) is 2. The number of aliphatic hydroxyl groups is 1. The summed E-state index contributed by atoms with van der Waals surface area (Å²) in [6, 6.07) is 18.9. The van der Waals surface area contributed by atoms with Gasteiger partial charge in [-0.25, -0.2) is 4.79 Å². The lowest BCUT2D eigenvalue weighted by molar-refractivity contribution is -0.185. The van der Waals surface area contributed by atoms with Crippen molar-refractivity contribution < 1.29 is 52.6 Å². The van der Waals surface area contributed by atoms with Gasteiger partial charge in [0.2, 0.25) is 11.5 Å². The van der Waals surface area contributed by atoms with E-state index in [4.69, 9.17) is 37.9 Å². The van der Waals surface area contributed by atoms with Crippen LogP contribution in [0.15, 0.2) is 72.3 Å². The van der Waals surface area contributed by atoms with Gasteiger partial charge in [-0.15, -0.1) is 0 Å². The third-order valence-electron chi connectivity index (χ3n) is 8.24. The molecule has 1 unspecified atom stereocenters. The van der Waals surface area contributed by atoms with Crippen LogP contribution in [0, 0.1) is 0 Å². The summed E-state index contributed by atoms with van der Waals surface area (Å²) in [6.07, 6.45) is 0.858. The first-order valence-electron chi connectivity index (χ1n) is 16.3. The molecule has 0 radical (unpaired) electrons. The summed E-state index contributed by atoms with van der Waals surface area (Å²) < 4.78 is 51.8. The third kappa shape index (κ3) is 7.98. The second kappa shape index (κ2) is 16.7. The summed E-state index contributed by atoms with van der Waals surface area (Å²) in [6.45, 7) is 3.86. The Morgan fingerprint density at radius 1 is 0.755 bits per heavy atom. The van der Waals surface area contributed by atoms with E-state index >= 15 is 0 Å². The number of aldehydes is 1. The van der Waals surface area contributed by atoms with Crippen molar-refractivity contribution in [1.82, 2.24) is 8.75 Å². The van der Waals surface area contributed by atoms with Gasteiger partial charge < -0.3 is 43.0 Å². The van der Waals surface area contributed by atoms with E-state index in [1.54, 1.807) is 66.7 Å². The average Bonchev–Trinajstić information content (AvgIpc) is 3.74. The van der Waals surface area contributed by atoms with Crippen LogP contribution in [0.2, 0.25) is 0 Å². The van der Waals surface area contributed by atoms with Gasteiger partial charge >= 0.3 is 5.97 Å². The van der Waals surface area contributed by atoms with Gasteiger partial charge in [-0.2, -0.15) is 8.75 Å². The van der Waals surface area contributed by atoms with Crippen LogP contribution in [-0.4, -0.2) is 74.9 Å². The number of esters is 1. The third-order valence-corrected chi connectivity index (χ3v) is 8.80. The molecular weight excluding hydrogens is 704 g/mol. The molecule has 1 N–H and O–H groups in total. The lowest BCUT2D eigenvalue weighted by atomic mass is 9.88.